The topological polar surface area (TPSA) is 35.8 Å². The molecule has 9 heavy (non-hydrogen) atoms. The largest absolute Gasteiger partial charge is 0.393 e. The van der Waals surface area contributed by atoms with Crippen molar-refractivity contribution in [3.63, 3.8) is 0 Å². The maximum Gasteiger partial charge on any atom is 0.0912 e. The van der Waals surface area contributed by atoms with Gasteiger partial charge in [0.05, 0.1) is 11.1 Å². The van der Waals surface area contributed by atoms with Gasteiger partial charge in [-0.2, -0.15) is 5.26 Å². The number of halogens is 1. The molecule has 0 bridgehead atoms. The predicted octanol–water partition coefficient (Wildman–Crippen LogP) is 1.37. The van der Waals surface area contributed by atoms with Crippen LogP contribution in [0.25, 0.3) is 0 Å². The molecular weight excluding hydrogens is 136 g/mol. The maximum absolute atomic E-state index is 8.04. The molecule has 0 rings (SSSR count). The van der Waals surface area contributed by atoms with Gasteiger partial charge in [0.1, 0.15) is 0 Å². The molecule has 0 spiro atoms. The highest BCUT2D eigenvalue weighted by Crippen LogP contribution is 1.99. The molecule has 0 amide bonds. The van der Waals surface area contributed by atoms with E-state index in [1.165, 1.54) is 12.2 Å². The van der Waals surface area contributed by atoms with E-state index in [4.69, 9.17) is 16.9 Å². The predicted molar refractivity (Wildman–Crippen MR) is 37.7 cm³/mol. The molecule has 0 fully saturated rings. The quantitative estimate of drug-likeness (QED) is 0.467. The summed E-state index contributed by atoms with van der Waals surface area (Å²) in [6, 6.07) is 1.82. The fourth-order valence-electron chi connectivity index (χ4n) is 0.303. The first-order valence-corrected chi connectivity index (χ1v) is 2.78. The number of hydrogen-bond acceptors (Lipinski definition) is 2. The Bertz CT molecular complexity index is 164. The summed E-state index contributed by atoms with van der Waals surface area (Å²) in [5.74, 6) is 0. The van der Waals surface area contributed by atoms with Crippen LogP contribution < -0.4 is 5.32 Å². The van der Waals surface area contributed by atoms with Gasteiger partial charge in [-0.15, -0.1) is 0 Å². The molecule has 0 saturated heterocycles. The van der Waals surface area contributed by atoms with E-state index in [0.717, 1.165) is 0 Å². The molecule has 0 aliphatic rings. The van der Waals surface area contributed by atoms with Crippen molar-refractivity contribution in [2.45, 2.75) is 0 Å². The lowest BCUT2D eigenvalue weighted by atomic mass is 10.5. The second-order valence-electron chi connectivity index (χ2n) is 1.28. The lowest BCUT2D eigenvalue weighted by Crippen LogP contribution is -1.91. The number of nitrogens with zero attached hydrogens (tertiary/aromatic N) is 1. The molecule has 0 aromatic rings. The van der Waals surface area contributed by atoms with Crippen LogP contribution in [0.5, 0.6) is 0 Å². The van der Waals surface area contributed by atoms with Crippen LogP contribution in [0, 0.1) is 11.3 Å². The van der Waals surface area contributed by atoms with E-state index in [2.05, 4.69) is 5.32 Å². The van der Waals surface area contributed by atoms with Gasteiger partial charge in [-0.1, -0.05) is 11.6 Å². The summed E-state index contributed by atoms with van der Waals surface area (Å²) >= 11 is 5.52. The second-order valence-corrected chi connectivity index (χ2v) is 1.72. The molecule has 3 heteroatoms. The Hall–Kier alpha value is -0.940. The summed E-state index contributed by atoms with van der Waals surface area (Å²) < 4.78 is 0. The lowest BCUT2D eigenvalue weighted by molar-refractivity contribution is 1.10. The molecule has 0 saturated carbocycles. The second kappa shape index (κ2) is 5.20. The minimum Gasteiger partial charge on any atom is -0.393 e. The van der Waals surface area contributed by atoms with Crippen molar-refractivity contribution < 1.29 is 0 Å². The highest BCUT2D eigenvalue weighted by atomic mass is 35.5. The fraction of sp³-hybridized carbons (Fsp3) is 0.167. The Morgan fingerprint density at radius 3 is 2.89 bits per heavy atom. The van der Waals surface area contributed by atoms with Gasteiger partial charge < -0.3 is 5.32 Å². The van der Waals surface area contributed by atoms with Gasteiger partial charge in [-0.05, 0) is 6.08 Å². The Morgan fingerprint density at radius 1 is 1.78 bits per heavy atom. The third-order valence-electron chi connectivity index (χ3n) is 0.599. The molecule has 1 N–H and O–H groups in total. The zero-order valence-electron chi connectivity index (χ0n) is 5.06. The minimum atomic E-state index is 0.513. The van der Waals surface area contributed by atoms with Crippen LogP contribution in [0.2, 0.25) is 0 Å². The van der Waals surface area contributed by atoms with E-state index < -0.39 is 0 Å². The summed E-state index contributed by atoms with van der Waals surface area (Å²) in [5.41, 5.74) is 0. The van der Waals surface area contributed by atoms with Crippen LogP contribution in [-0.2, 0) is 0 Å². The molecule has 0 atom stereocenters. The SMILES string of the molecule is CN/C=C(Cl)/C=C/C#N. The van der Waals surface area contributed by atoms with Crippen molar-refractivity contribution >= 4 is 11.6 Å². The molecule has 0 aromatic heterocycles. The van der Waals surface area contributed by atoms with Gasteiger partial charge in [0.25, 0.3) is 0 Å². The third-order valence-corrected chi connectivity index (χ3v) is 0.834. The van der Waals surface area contributed by atoms with Crippen molar-refractivity contribution in [3.05, 3.63) is 23.4 Å². The average molecular weight is 143 g/mol. The average Bonchev–Trinajstić information content (AvgIpc) is 1.85. The van der Waals surface area contributed by atoms with Crippen molar-refractivity contribution in [1.29, 1.82) is 5.26 Å². The van der Waals surface area contributed by atoms with Crippen molar-refractivity contribution in [2.75, 3.05) is 7.05 Å². The van der Waals surface area contributed by atoms with Crippen LogP contribution in [0.3, 0.4) is 0 Å². The van der Waals surface area contributed by atoms with E-state index in [9.17, 15) is 0 Å². The minimum absolute atomic E-state index is 0.513. The zero-order valence-corrected chi connectivity index (χ0v) is 5.81. The Morgan fingerprint density at radius 2 is 2.44 bits per heavy atom. The van der Waals surface area contributed by atoms with E-state index in [1.54, 1.807) is 13.2 Å². The molecule has 0 aliphatic carbocycles. The first kappa shape index (κ1) is 8.06. The standard InChI is InChI=1S/C6H7ClN2/c1-9-5-6(7)3-2-4-8/h2-3,5,9H,1H3/b3-2+,6-5-. The number of allylic oxidation sites excluding steroid dienone is 3. The van der Waals surface area contributed by atoms with E-state index >= 15 is 0 Å². The van der Waals surface area contributed by atoms with Crippen molar-refractivity contribution in [2.24, 2.45) is 0 Å². The molecule has 0 radical (unpaired) electrons. The van der Waals surface area contributed by atoms with E-state index in [-0.39, 0.29) is 0 Å². The molecule has 0 unspecified atom stereocenters. The molecule has 0 aliphatic heterocycles. The molecule has 48 valence electrons. The van der Waals surface area contributed by atoms with Crippen LogP contribution in [0.15, 0.2) is 23.4 Å². The molecule has 2 nitrogen and oxygen atoms in total. The number of nitrogens with one attached hydrogen (secondary N) is 1. The van der Waals surface area contributed by atoms with E-state index in [0.29, 0.717) is 5.03 Å². The summed E-state index contributed by atoms with van der Waals surface area (Å²) in [5, 5.41) is 11.3. The van der Waals surface area contributed by atoms with Crippen LogP contribution in [0.1, 0.15) is 0 Å². The van der Waals surface area contributed by atoms with Crippen molar-refractivity contribution in [3.8, 4) is 6.07 Å². The highest BCUT2D eigenvalue weighted by Gasteiger charge is 1.78. The number of rotatable bonds is 2. The molecule has 0 aromatic carbocycles. The van der Waals surface area contributed by atoms with Gasteiger partial charge in [0.2, 0.25) is 0 Å². The first-order valence-electron chi connectivity index (χ1n) is 2.40. The summed E-state index contributed by atoms with van der Waals surface area (Å²) in [6.07, 6.45) is 4.42. The smallest absolute Gasteiger partial charge is 0.0912 e. The van der Waals surface area contributed by atoms with Gasteiger partial charge >= 0.3 is 0 Å². The van der Waals surface area contributed by atoms with Gasteiger partial charge in [-0.3, -0.25) is 0 Å². The summed E-state index contributed by atoms with van der Waals surface area (Å²) in [7, 11) is 1.74. The maximum atomic E-state index is 8.04. The summed E-state index contributed by atoms with van der Waals surface area (Å²) in [4.78, 5) is 0. The number of hydrogen-bond donors (Lipinski definition) is 1. The molecule has 0 heterocycles. The summed E-state index contributed by atoms with van der Waals surface area (Å²) in [6.45, 7) is 0. The monoisotopic (exact) mass is 142 g/mol. The van der Waals surface area contributed by atoms with Gasteiger partial charge in [0.15, 0.2) is 0 Å². The van der Waals surface area contributed by atoms with Crippen LogP contribution in [0.4, 0.5) is 0 Å². The molecular formula is C6H7ClN2. The zero-order chi connectivity index (χ0) is 7.11. The highest BCUT2D eigenvalue weighted by molar-refractivity contribution is 6.31. The number of nitriles is 1. The van der Waals surface area contributed by atoms with Crippen LogP contribution in [-0.4, -0.2) is 7.05 Å². The van der Waals surface area contributed by atoms with E-state index in [1.807, 2.05) is 6.07 Å². The Kier molecular flexibility index (Phi) is 4.66. The Labute approximate surface area is 59.4 Å². The van der Waals surface area contributed by atoms with Crippen LogP contribution >= 0.6 is 11.6 Å². The lowest BCUT2D eigenvalue weighted by Gasteiger charge is -1.85. The fourth-order valence-corrected chi connectivity index (χ4v) is 0.475. The van der Waals surface area contributed by atoms with Crippen molar-refractivity contribution in [1.82, 2.24) is 5.32 Å². The normalized spacial score (nSPS) is 11.4. The third kappa shape index (κ3) is 4.92. The first-order chi connectivity index (χ1) is 4.31. The Balaban J connectivity index is 3.78. The van der Waals surface area contributed by atoms with Gasteiger partial charge in [-0.25, -0.2) is 0 Å². The van der Waals surface area contributed by atoms with Gasteiger partial charge in [0, 0.05) is 19.3 Å².